The van der Waals surface area contributed by atoms with E-state index in [1.807, 2.05) is 0 Å². The van der Waals surface area contributed by atoms with Gasteiger partial charge < -0.3 is 20.5 Å². The minimum Gasteiger partial charge on any atom is -0.495 e. The second kappa shape index (κ2) is 6.12. The second-order valence-corrected chi connectivity index (χ2v) is 5.31. The Bertz CT molecular complexity index is 470. The van der Waals surface area contributed by atoms with Crippen LogP contribution >= 0.6 is 11.6 Å². The number of nitrogens with two attached hydrogens (primary N) is 1. The van der Waals surface area contributed by atoms with Crippen molar-refractivity contribution in [3.63, 3.8) is 0 Å². The van der Waals surface area contributed by atoms with Gasteiger partial charge in [-0.25, -0.2) is 0 Å². The van der Waals surface area contributed by atoms with Gasteiger partial charge >= 0.3 is 0 Å². The molecular formula is C13H19ClN2O3. The summed E-state index contributed by atoms with van der Waals surface area (Å²) < 4.78 is 10.3. The van der Waals surface area contributed by atoms with Crippen molar-refractivity contribution in [2.45, 2.75) is 25.8 Å². The van der Waals surface area contributed by atoms with Crippen LogP contribution < -0.4 is 20.5 Å². The van der Waals surface area contributed by atoms with Crippen molar-refractivity contribution in [2.75, 3.05) is 19.5 Å². The van der Waals surface area contributed by atoms with Crippen molar-refractivity contribution in [1.82, 2.24) is 0 Å². The number of carbonyl (C=O) groups excluding carboxylic acids is 1. The number of anilines is 1. The molecule has 0 atom stereocenters. The number of methoxy groups -OCH3 is 2. The summed E-state index contributed by atoms with van der Waals surface area (Å²) in [6, 6.07) is 3.20. The molecule has 1 rings (SSSR count). The van der Waals surface area contributed by atoms with E-state index >= 15 is 0 Å². The van der Waals surface area contributed by atoms with E-state index in [1.165, 1.54) is 14.2 Å². The van der Waals surface area contributed by atoms with Gasteiger partial charge in [0.1, 0.15) is 11.5 Å². The average Bonchev–Trinajstić information content (AvgIpc) is 2.26. The third-order valence-electron chi connectivity index (χ3n) is 2.36. The van der Waals surface area contributed by atoms with E-state index in [9.17, 15) is 4.79 Å². The van der Waals surface area contributed by atoms with Gasteiger partial charge in [-0.05, 0) is 19.9 Å². The summed E-state index contributed by atoms with van der Waals surface area (Å²) in [6.45, 7) is 3.57. The van der Waals surface area contributed by atoms with E-state index in [-0.39, 0.29) is 12.3 Å². The van der Waals surface area contributed by atoms with Crippen LogP contribution in [0.25, 0.3) is 0 Å². The summed E-state index contributed by atoms with van der Waals surface area (Å²) in [5.41, 5.74) is 5.71. The first-order valence-electron chi connectivity index (χ1n) is 5.77. The van der Waals surface area contributed by atoms with Crippen LogP contribution in [-0.2, 0) is 4.79 Å². The fourth-order valence-electron chi connectivity index (χ4n) is 1.57. The smallest absolute Gasteiger partial charge is 0.226 e. The topological polar surface area (TPSA) is 73.6 Å². The molecule has 0 aromatic heterocycles. The van der Waals surface area contributed by atoms with Gasteiger partial charge in [0.05, 0.1) is 24.9 Å². The van der Waals surface area contributed by atoms with Crippen LogP contribution in [0, 0.1) is 0 Å². The maximum atomic E-state index is 11.8. The zero-order valence-corrected chi connectivity index (χ0v) is 12.3. The van der Waals surface area contributed by atoms with Gasteiger partial charge in [0.2, 0.25) is 5.91 Å². The number of halogens is 1. The van der Waals surface area contributed by atoms with E-state index in [1.54, 1.807) is 26.0 Å². The highest BCUT2D eigenvalue weighted by atomic mass is 35.5. The molecule has 1 amide bonds. The SMILES string of the molecule is COc1cc(OC)c(NC(=O)CC(C)(C)N)cc1Cl. The molecule has 1 aromatic rings. The number of ether oxygens (including phenoxy) is 2. The summed E-state index contributed by atoms with van der Waals surface area (Å²) in [4.78, 5) is 11.8. The largest absolute Gasteiger partial charge is 0.495 e. The molecule has 0 aliphatic heterocycles. The lowest BCUT2D eigenvalue weighted by Crippen LogP contribution is -2.36. The normalized spacial score (nSPS) is 11.1. The molecule has 1 aromatic carbocycles. The predicted octanol–water partition coefficient (Wildman–Crippen LogP) is 2.42. The van der Waals surface area contributed by atoms with Gasteiger partial charge in [0.15, 0.2) is 0 Å². The predicted molar refractivity (Wildman–Crippen MR) is 76.1 cm³/mol. The van der Waals surface area contributed by atoms with E-state index in [0.717, 1.165) is 0 Å². The van der Waals surface area contributed by atoms with Gasteiger partial charge in [-0.1, -0.05) is 11.6 Å². The quantitative estimate of drug-likeness (QED) is 0.872. The van der Waals surface area contributed by atoms with Crippen LogP contribution in [0.1, 0.15) is 20.3 Å². The lowest BCUT2D eigenvalue weighted by atomic mass is 10.0. The van der Waals surface area contributed by atoms with Crippen molar-refractivity contribution in [1.29, 1.82) is 0 Å². The Hall–Kier alpha value is -1.46. The van der Waals surface area contributed by atoms with Gasteiger partial charge in [-0.15, -0.1) is 0 Å². The molecule has 0 bridgehead atoms. The van der Waals surface area contributed by atoms with Crippen LogP contribution in [0.2, 0.25) is 5.02 Å². The maximum Gasteiger partial charge on any atom is 0.226 e. The summed E-state index contributed by atoms with van der Waals surface area (Å²) in [7, 11) is 3.01. The first-order valence-corrected chi connectivity index (χ1v) is 6.15. The van der Waals surface area contributed by atoms with Gasteiger partial charge in [0, 0.05) is 18.0 Å². The molecule has 0 spiro atoms. The van der Waals surface area contributed by atoms with Crippen molar-refractivity contribution < 1.29 is 14.3 Å². The molecule has 0 aliphatic rings. The van der Waals surface area contributed by atoms with Gasteiger partial charge in [-0.3, -0.25) is 4.79 Å². The Labute approximate surface area is 118 Å². The second-order valence-electron chi connectivity index (χ2n) is 4.90. The highest BCUT2D eigenvalue weighted by Gasteiger charge is 2.18. The molecule has 6 heteroatoms. The first-order chi connectivity index (χ1) is 8.76. The number of hydrogen-bond donors (Lipinski definition) is 2. The molecule has 0 unspecified atom stereocenters. The molecule has 0 saturated heterocycles. The molecule has 106 valence electrons. The van der Waals surface area contributed by atoms with Crippen molar-refractivity contribution >= 4 is 23.2 Å². The Morgan fingerprint density at radius 3 is 2.37 bits per heavy atom. The molecular weight excluding hydrogens is 268 g/mol. The zero-order valence-electron chi connectivity index (χ0n) is 11.5. The highest BCUT2D eigenvalue weighted by Crippen LogP contribution is 2.35. The van der Waals surface area contributed by atoms with Gasteiger partial charge in [0.25, 0.3) is 0 Å². The van der Waals surface area contributed by atoms with Gasteiger partial charge in [-0.2, -0.15) is 0 Å². The fraction of sp³-hybridized carbons (Fsp3) is 0.462. The lowest BCUT2D eigenvalue weighted by Gasteiger charge is -2.18. The number of nitrogens with one attached hydrogen (secondary N) is 1. The van der Waals surface area contributed by atoms with Crippen molar-refractivity contribution in [3.8, 4) is 11.5 Å². The van der Waals surface area contributed by atoms with Crippen LogP contribution in [0.15, 0.2) is 12.1 Å². The lowest BCUT2D eigenvalue weighted by molar-refractivity contribution is -0.117. The van der Waals surface area contributed by atoms with Crippen LogP contribution in [-0.4, -0.2) is 25.7 Å². The molecule has 3 N–H and O–H groups in total. The van der Waals surface area contributed by atoms with Crippen LogP contribution in [0.3, 0.4) is 0 Å². The monoisotopic (exact) mass is 286 g/mol. The molecule has 0 aliphatic carbocycles. The number of benzene rings is 1. The zero-order chi connectivity index (χ0) is 14.6. The van der Waals surface area contributed by atoms with E-state index < -0.39 is 5.54 Å². The number of rotatable bonds is 5. The Kier molecular flexibility index (Phi) is 5.03. The Morgan fingerprint density at radius 1 is 1.32 bits per heavy atom. The maximum absolute atomic E-state index is 11.8. The van der Waals surface area contributed by atoms with Crippen molar-refractivity contribution in [3.05, 3.63) is 17.2 Å². The van der Waals surface area contributed by atoms with Crippen LogP contribution in [0.4, 0.5) is 5.69 Å². The highest BCUT2D eigenvalue weighted by molar-refractivity contribution is 6.32. The number of hydrogen-bond acceptors (Lipinski definition) is 4. The molecule has 0 saturated carbocycles. The minimum absolute atomic E-state index is 0.194. The summed E-state index contributed by atoms with van der Waals surface area (Å²) in [5.74, 6) is 0.757. The average molecular weight is 287 g/mol. The summed E-state index contributed by atoms with van der Waals surface area (Å²) in [5, 5.41) is 3.12. The number of amides is 1. The third-order valence-corrected chi connectivity index (χ3v) is 2.66. The fourth-order valence-corrected chi connectivity index (χ4v) is 1.81. The Balaban J connectivity index is 2.94. The standard InChI is InChI=1S/C13H19ClN2O3/c1-13(2,15)7-12(17)16-9-5-8(14)10(18-3)6-11(9)19-4/h5-6H,7,15H2,1-4H3,(H,16,17). The van der Waals surface area contributed by atoms with E-state index in [4.69, 9.17) is 26.8 Å². The molecule has 5 nitrogen and oxygen atoms in total. The molecule has 19 heavy (non-hydrogen) atoms. The molecule has 0 heterocycles. The summed E-state index contributed by atoms with van der Waals surface area (Å²) >= 11 is 6.02. The molecule has 0 fully saturated rings. The van der Waals surface area contributed by atoms with E-state index in [2.05, 4.69) is 5.32 Å². The van der Waals surface area contributed by atoms with E-state index in [0.29, 0.717) is 22.2 Å². The Morgan fingerprint density at radius 2 is 1.89 bits per heavy atom. The third kappa shape index (κ3) is 4.61. The summed E-state index contributed by atoms with van der Waals surface area (Å²) in [6.07, 6.45) is 0.194. The van der Waals surface area contributed by atoms with Crippen molar-refractivity contribution in [2.24, 2.45) is 5.73 Å². The number of carbonyl (C=O) groups is 1. The minimum atomic E-state index is -0.576. The first kappa shape index (κ1) is 15.6. The molecule has 0 radical (unpaired) electrons. The van der Waals surface area contributed by atoms with Crippen LogP contribution in [0.5, 0.6) is 11.5 Å².